The molecule has 7 nitrogen and oxygen atoms in total. The third kappa shape index (κ3) is 1.69. The second kappa shape index (κ2) is 4.73. The van der Waals surface area contributed by atoms with Crippen LogP contribution in [0.25, 0.3) is 0 Å². The number of fused-ring (bicyclic) bond motifs is 1. The van der Waals surface area contributed by atoms with Crippen LogP contribution < -0.4 is 5.32 Å². The van der Waals surface area contributed by atoms with Crippen LogP contribution >= 0.6 is 0 Å². The summed E-state index contributed by atoms with van der Waals surface area (Å²) in [5.74, 6) is -1.45. The molecule has 0 radical (unpaired) electrons. The van der Waals surface area contributed by atoms with Gasteiger partial charge in [-0.05, 0) is 6.92 Å². The summed E-state index contributed by atoms with van der Waals surface area (Å²) in [5.41, 5.74) is -2.69. The van der Waals surface area contributed by atoms with Gasteiger partial charge in [0.25, 0.3) is 0 Å². The lowest BCUT2D eigenvalue weighted by Gasteiger charge is -2.37. The molecule has 0 bridgehead atoms. The fourth-order valence-corrected chi connectivity index (χ4v) is 3.08. The van der Waals surface area contributed by atoms with Gasteiger partial charge in [0.15, 0.2) is 6.29 Å². The van der Waals surface area contributed by atoms with Crippen molar-refractivity contribution in [2.45, 2.75) is 30.8 Å². The van der Waals surface area contributed by atoms with Gasteiger partial charge in [0.2, 0.25) is 5.54 Å². The first-order chi connectivity index (χ1) is 8.96. The molecule has 108 valence electrons. The van der Waals surface area contributed by atoms with E-state index in [0.717, 1.165) is 0 Å². The predicted molar refractivity (Wildman–Crippen MR) is 63.2 cm³/mol. The molecule has 2 heterocycles. The molecule has 0 saturated carbocycles. The molecule has 3 atom stereocenters. The highest BCUT2D eigenvalue weighted by molar-refractivity contribution is 6.07. The Hall–Kier alpha value is -1.18. The van der Waals surface area contributed by atoms with Gasteiger partial charge in [-0.1, -0.05) is 0 Å². The highest BCUT2D eigenvalue weighted by Crippen LogP contribution is 2.48. The molecule has 1 N–H and O–H groups in total. The van der Waals surface area contributed by atoms with Gasteiger partial charge in [-0.25, -0.2) is 9.59 Å². The maximum absolute atomic E-state index is 12.2. The summed E-state index contributed by atoms with van der Waals surface area (Å²) in [6, 6.07) is 0. The number of hydrogen-bond acceptors (Lipinski definition) is 7. The molecule has 2 fully saturated rings. The van der Waals surface area contributed by atoms with Crippen LogP contribution in [0.3, 0.4) is 0 Å². The van der Waals surface area contributed by atoms with Gasteiger partial charge < -0.3 is 18.9 Å². The summed E-state index contributed by atoms with van der Waals surface area (Å²) in [4.78, 5) is 24.3. The van der Waals surface area contributed by atoms with Crippen LogP contribution in [0.5, 0.6) is 0 Å². The molecular weight excluding hydrogens is 254 g/mol. The number of ether oxygens (including phenoxy) is 4. The predicted octanol–water partition coefficient (Wildman–Crippen LogP) is -0.558. The lowest BCUT2D eigenvalue weighted by Crippen LogP contribution is -2.68. The molecule has 7 heteroatoms. The Labute approximate surface area is 111 Å². The molecule has 1 unspecified atom stereocenters. The van der Waals surface area contributed by atoms with Gasteiger partial charge in [0.1, 0.15) is 5.60 Å². The number of hydrogen-bond donors (Lipinski definition) is 1. The lowest BCUT2D eigenvalue weighted by molar-refractivity contribution is -0.198. The van der Waals surface area contributed by atoms with Crippen molar-refractivity contribution in [2.75, 3.05) is 27.9 Å². The SMILES string of the molecule is COC(=O)C1(C(=O)OC)NC[C@@H]2CC(OC)O[C@@]21C. The normalized spacial score (nSPS) is 35.8. The molecule has 0 aromatic rings. The standard InChI is InChI=1S/C12H19NO6/c1-11-7(5-8(16-2)19-11)6-13-12(11,9(14)17-3)10(15)18-4/h7-8,13H,5-6H2,1-4H3/t7-,8?,11-/m0/s1. The fraction of sp³-hybridized carbons (Fsp3) is 0.833. The van der Waals surface area contributed by atoms with Crippen molar-refractivity contribution in [1.82, 2.24) is 5.32 Å². The van der Waals surface area contributed by atoms with Gasteiger partial charge in [0, 0.05) is 26.0 Å². The molecule has 0 aromatic carbocycles. The first-order valence-corrected chi connectivity index (χ1v) is 6.08. The zero-order chi connectivity index (χ0) is 14.3. The van der Waals surface area contributed by atoms with Crippen molar-refractivity contribution in [3.05, 3.63) is 0 Å². The number of carbonyl (C=O) groups is 2. The zero-order valence-corrected chi connectivity index (χ0v) is 11.5. The maximum atomic E-state index is 12.2. The van der Waals surface area contributed by atoms with E-state index in [1.165, 1.54) is 21.3 Å². The molecule has 2 rings (SSSR count). The Kier molecular flexibility index (Phi) is 3.55. The second-order valence-electron chi connectivity index (χ2n) is 4.94. The molecule has 2 aliphatic heterocycles. The van der Waals surface area contributed by atoms with Crippen LogP contribution in [0, 0.1) is 5.92 Å². The van der Waals surface area contributed by atoms with Gasteiger partial charge >= 0.3 is 11.9 Å². The average Bonchev–Trinajstić information content (AvgIpc) is 2.88. The first-order valence-electron chi connectivity index (χ1n) is 6.08. The summed E-state index contributed by atoms with van der Waals surface area (Å²) in [6.07, 6.45) is 0.168. The smallest absolute Gasteiger partial charge is 0.340 e. The van der Waals surface area contributed by atoms with Crippen molar-refractivity contribution in [3.8, 4) is 0 Å². The van der Waals surface area contributed by atoms with Crippen LogP contribution in [-0.2, 0) is 28.5 Å². The molecular formula is C12H19NO6. The van der Waals surface area contributed by atoms with E-state index in [1.807, 2.05) is 0 Å². The average molecular weight is 273 g/mol. The van der Waals surface area contributed by atoms with Gasteiger partial charge in [-0.2, -0.15) is 0 Å². The quantitative estimate of drug-likeness (QED) is 0.545. The van der Waals surface area contributed by atoms with Crippen LogP contribution in [0.1, 0.15) is 13.3 Å². The highest BCUT2D eigenvalue weighted by atomic mass is 16.7. The van der Waals surface area contributed by atoms with Crippen LogP contribution in [-0.4, -0.2) is 57.2 Å². The Morgan fingerprint density at radius 1 is 1.21 bits per heavy atom. The van der Waals surface area contributed by atoms with E-state index in [9.17, 15) is 9.59 Å². The van der Waals surface area contributed by atoms with Crippen molar-refractivity contribution in [3.63, 3.8) is 0 Å². The second-order valence-corrected chi connectivity index (χ2v) is 4.94. The van der Waals surface area contributed by atoms with Crippen molar-refractivity contribution >= 4 is 11.9 Å². The lowest BCUT2D eigenvalue weighted by atomic mass is 9.77. The van der Waals surface area contributed by atoms with E-state index in [4.69, 9.17) is 18.9 Å². The Morgan fingerprint density at radius 2 is 1.79 bits per heavy atom. The van der Waals surface area contributed by atoms with E-state index in [-0.39, 0.29) is 5.92 Å². The fourth-order valence-electron chi connectivity index (χ4n) is 3.08. The third-order valence-electron chi connectivity index (χ3n) is 4.24. The minimum atomic E-state index is -1.64. The highest BCUT2D eigenvalue weighted by Gasteiger charge is 2.72. The van der Waals surface area contributed by atoms with E-state index in [1.54, 1.807) is 6.92 Å². The van der Waals surface area contributed by atoms with E-state index in [0.29, 0.717) is 13.0 Å². The monoisotopic (exact) mass is 273 g/mol. The molecule has 19 heavy (non-hydrogen) atoms. The van der Waals surface area contributed by atoms with Crippen molar-refractivity contribution in [1.29, 1.82) is 0 Å². The largest absolute Gasteiger partial charge is 0.467 e. The first kappa shape index (κ1) is 14.2. The van der Waals surface area contributed by atoms with E-state index < -0.39 is 29.4 Å². The molecule has 0 spiro atoms. The minimum absolute atomic E-state index is 0.0318. The molecule has 0 amide bonds. The van der Waals surface area contributed by atoms with E-state index >= 15 is 0 Å². The Balaban J connectivity index is 2.44. The van der Waals surface area contributed by atoms with Gasteiger partial charge in [-0.15, -0.1) is 0 Å². The van der Waals surface area contributed by atoms with Crippen molar-refractivity contribution < 1.29 is 28.5 Å². The molecule has 0 aliphatic carbocycles. The van der Waals surface area contributed by atoms with Crippen LogP contribution in [0.2, 0.25) is 0 Å². The maximum Gasteiger partial charge on any atom is 0.340 e. The van der Waals surface area contributed by atoms with Crippen molar-refractivity contribution in [2.24, 2.45) is 5.92 Å². The number of nitrogens with one attached hydrogen (secondary N) is 1. The number of methoxy groups -OCH3 is 3. The van der Waals surface area contributed by atoms with E-state index in [2.05, 4.69) is 5.32 Å². The summed E-state index contributed by atoms with van der Waals surface area (Å²) in [7, 11) is 3.99. The molecule has 2 saturated heterocycles. The number of esters is 2. The van der Waals surface area contributed by atoms with Crippen LogP contribution in [0.4, 0.5) is 0 Å². The Bertz CT molecular complexity index is 382. The summed E-state index contributed by atoms with van der Waals surface area (Å²) < 4.78 is 20.5. The minimum Gasteiger partial charge on any atom is -0.467 e. The molecule has 0 aromatic heterocycles. The topological polar surface area (TPSA) is 83.1 Å². The Morgan fingerprint density at radius 3 is 2.26 bits per heavy atom. The van der Waals surface area contributed by atoms with Gasteiger partial charge in [0.05, 0.1) is 14.2 Å². The zero-order valence-electron chi connectivity index (χ0n) is 11.5. The number of carbonyl (C=O) groups excluding carboxylic acids is 2. The molecule has 2 aliphatic rings. The van der Waals surface area contributed by atoms with Gasteiger partial charge in [-0.3, -0.25) is 5.32 Å². The summed E-state index contributed by atoms with van der Waals surface area (Å²) in [5, 5.41) is 2.93. The number of rotatable bonds is 3. The third-order valence-corrected chi connectivity index (χ3v) is 4.24. The summed E-state index contributed by atoms with van der Waals surface area (Å²) >= 11 is 0. The summed E-state index contributed by atoms with van der Waals surface area (Å²) in [6.45, 7) is 2.17. The van der Waals surface area contributed by atoms with Crippen LogP contribution in [0.15, 0.2) is 0 Å².